The first kappa shape index (κ1) is 19.4. The first-order chi connectivity index (χ1) is 14.0. The van der Waals surface area contributed by atoms with E-state index in [4.69, 9.17) is 4.74 Å². The molecule has 3 aliphatic rings. The monoisotopic (exact) mass is 478 g/mol. The van der Waals surface area contributed by atoms with Crippen LogP contribution in [0.4, 0.5) is 0 Å². The van der Waals surface area contributed by atoms with Crippen LogP contribution < -0.4 is 4.74 Å². The summed E-state index contributed by atoms with van der Waals surface area (Å²) in [6.45, 7) is 2.49. The highest BCUT2D eigenvalue weighted by molar-refractivity contribution is 9.10. The minimum Gasteiger partial charge on any atom is -0.472 e. The van der Waals surface area contributed by atoms with Crippen molar-refractivity contribution < 1.29 is 13.2 Å². The number of halogens is 1. The van der Waals surface area contributed by atoms with Gasteiger partial charge in [0.1, 0.15) is 6.10 Å². The molecule has 2 aliphatic heterocycles. The van der Waals surface area contributed by atoms with Crippen LogP contribution in [0.5, 0.6) is 5.88 Å². The number of ether oxygens (including phenoxy) is 1. The lowest BCUT2D eigenvalue weighted by atomic mass is 10.2. The highest BCUT2D eigenvalue weighted by Gasteiger charge is 2.41. The minimum absolute atomic E-state index is 0.00889. The summed E-state index contributed by atoms with van der Waals surface area (Å²) in [6, 6.07) is 7.05. The van der Waals surface area contributed by atoms with Crippen LogP contribution in [0.1, 0.15) is 30.9 Å². The van der Waals surface area contributed by atoms with Crippen molar-refractivity contribution in [3.63, 3.8) is 0 Å². The van der Waals surface area contributed by atoms with Crippen molar-refractivity contribution >= 4 is 26.0 Å². The molecule has 1 aromatic carbocycles. The van der Waals surface area contributed by atoms with Gasteiger partial charge in [0.25, 0.3) is 0 Å². The van der Waals surface area contributed by atoms with Gasteiger partial charge in [-0.05, 0) is 31.0 Å². The van der Waals surface area contributed by atoms with E-state index in [2.05, 4.69) is 30.8 Å². The molecular weight excluding hydrogens is 456 g/mol. The molecule has 0 bridgehead atoms. The van der Waals surface area contributed by atoms with Crippen LogP contribution >= 0.6 is 15.9 Å². The van der Waals surface area contributed by atoms with E-state index < -0.39 is 10.0 Å². The van der Waals surface area contributed by atoms with Gasteiger partial charge in [-0.2, -0.15) is 4.31 Å². The van der Waals surface area contributed by atoms with E-state index >= 15 is 0 Å². The van der Waals surface area contributed by atoms with E-state index in [-0.39, 0.29) is 12.1 Å². The van der Waals surface area contributed by atoms with E-state index in [0.29, 0.717) is 36.3 Å². The predicted molar refractivity (Wildman–Crippen MR) is 111 cm³/mol. The van der Waals surface area contributed by atoms with Gasteiger partial charge in [0, 0.05) is 49.0 Å². The molecule has 5 rings (SSSR count). The van der Waals surface area contributed by atoms with Gasteiger partial charge < -0.3 is 4.74 Å². The highest BCUT2D eigenvalue weighted by atomic mass is 79.9. The fourth-order valence-electron chi connectivity index (χ4n) is 4.20. The molecule has 0 radical (unpaired) electrons. The Kier molecular flexibility index (Phi) is 5.09. The molecule has 3 fully saturated rings. The van der Waals surface area contributed by atoms with E-state index in [1.807, 2.05) is 12.3 Å². The fourth-order valence-corrected chi connectivity index (χ4v) is 6.26. The van der Waals surface area contributed by atoms with Gasteiger partial charge in [0.05, 0.1) is 23.0 Å². The van der Waals surface area contributed by atoms with Crippen molar-refractivity contribution in [2.75, 3.05) is 26.2 Å². The number of aromatic nitrogens is 2. The number of nitrogens with zero attached hydrogens (tertiary/aromatic N) is 4. The van der Waals surface area contributed by atoms with Crippen LogP contribution in [-0.4, -0.2) is 65.9 Å². The lowest BCUT2D eigenvalue weighted by Crippen LogP contribution is -2.51. The first-order valence-corrected chi connectivity index (χ1v) is 12.2. The van der Waals surface area contributed by atoms with Crippen molar-refractivity contribution in [1.29, 1.82) is 0 Å². The van der Waals surface area contributed by atoms with Gasteiger partial charge in [-0.25, -0.2) is 13.4 Å². The third-order valence-corrected chi connectivity index (χ3v) is 8.26. The van der Waals surface area contributed by atoms with Crippen LogP contribution in [0.25, 0.3) is 0 Å². The largest absolute Gasteiger partial charge is 0.472 e. The molecule has 0 spiro atoms. The third-order valence-electron chi connectivity index (χ3n) is 5.91. The maximum Gasteiger partial charge on any atom is 0.243 e. The molecular formula is C20H23BrN4O3S. The molecule has 7 nitrogen and oxygen atoms in total. The maximum absolute atomic E-state index is 13.0. The molecule has 2 saturated heterocycles. The van der Waals surface area contributed by atoms with Gasteiger partial charge in [-0.1, -0.05) is 22.0 Å². The van der Waals surface area contributed by atoms with Crippen molar-refractivity contribution in [2.24, 2.45) is 0 Å². The number of benzene rings is 1. The summed E-state index contributed by atoms with van der Waals surface area (Å²) in [5, 5.41) is 0. The number of sulfonamides is 1. The second-order valence-corrected chi connectivity index (χ2v) is 10.9. The number of hydrogen-bond acceptors (Lipinski definition) is 6. The summed E-state index contributed by atoms with van der Waals surface area (Å²) in [6.07, 6.45) is 6.74. The lowest BCUT2D eigenvalue weighted by Gasteiger charge is -2.36. The molecule has 0 N–H and O–H groups in total. The smallest absolute Gasteiger partial charge is 0.243 e. The quantitative estimate of drug-likeness (QED) is 0.657. The zero-order chi connectivity index (χ0) is 20.0. The average Bonchev–Trinajstić information content (AvgIpc) is 3.48. The second kappa shape index (κ2) is 7.61. The molecule has 154 valence electrons. The summed E-state index contributed by atoms with van der Waals surface area (Å²) in [5.74, 6) is 1.13. The van der Waals surface area contributed by atoms with Gasteiger partial charge in [-0.15, -0.1) is 0 Å². The summed E-state index contributed by atoms with van der Waals surface area (Å²) in [5.41, 5.74) is 1.05. The zero-order valence-electron chi connectivity index (χ0n) is 15.9. The maximum atomic E-state index is 13.0. The summed E-state index contributed by atoms with van der Waals surface area (Å²) < 4.78 is 34.5. The van der Waals surface area contributed by atoms with Crippen LogP contribution in [0.2, 0.25) is 0 Å². The zero-order valence-corrected chi connectivity index (χ0v) is 18.3. The highest BCUT2D eigenvalue weighted by Crippen LogP contribution is 2.38. The molecule has 0 unspecified atom stereocenters. The molecule has 1 aliphatic carbocycles. The Morgan fingerprint density at radius 1 is 1.10 bits per heavy atom. The molecule has 3 heterocycles. The van der Waals surface area contributed by atoms with Gasteiger partial charge >= 0.3 is 0 Å². The van der Waals surface area contributed by atoms with Crippen molar-refractivity contribution in [2.45, 2.75) is 42.2 Å². The predicted octanol–water partition coefficient (Wildman–Crippen LogP) is 2.64. The standard InChI is InChI=1S/C20H23BrN4O3S/c21-15-2-1-3-18(8-15)29(26,27)25-7-6-24-13-17(9-16(24)12-25)28-20-11-22-19(10-23-20)14-4-5-14/h1-3,8,10-11,14,16-17H,4-7,9,12-13H2/t16-,17+/m0/s1. The summed E-state index contributed by atoms with van der Waals surface area (Å²) in [7, 11) is -3.49. The van der Waals surface area contributed by atoms with E-state index in [9.17, 15) is 8.42 Å². The van der Waals surface area contributed by atoms with Crippen LogP contribution in [0, 0.1) is 0 Å². The lowest BCUT2D eigenvalue weighted by molar-refractivity contribution is 0.151. The van der Waals surface area contributed by atoms with Gasteiger partial charge in [0.2, 0.25) is 15.9 Å². The van der Waals surface area contributed by atoms with E-state index in [1.54, 1.807) is 28.7 Å². The SMILES string of the molecule is O=S(=O)(c1cccc(Br)c1)N1CCN2C[C@H](Oc3cnc(C4CC4)cn3)C[C@H]2C1. The Bertz CT molecular complexity index is 997. The van der Waals surface area contributed by atoms with Crippen molar-refractivity contribution in [1.82, 2.24) is 19.2 Å². The second-order valence-electron chi connectivity index (χ2n) is 8.00. The molecule has 1 saturated carbocycles. The van der Waals surface area contributed by atoms with Crippen LogP contribution in [0.3, 0.4) is 0 Å². The molecule has 0 amide bonds. The molecule has 1 aromatic heterocycles. The topological polar surface area (TPSA) is 75.6 Å². The Morgan fingerprint density at radius 3 is 2.69 bits per heavy atom. The molecule has 29 heavy (non-hydrogen) atoms. The van der Waals surface area contributed by atoms with Crippen molar-refractivity contribution in [3.8, 4) is 5.88 Å². The van der Waals surface area contributed by atoms with Crippen LogP contribution in [0.15, 0.2) is 46.0 Å². The molecule has 9 heteroatoms. The van der Waals surface area contributed by atoms with E-state index in [1.165, 1.54) is 12.8 Å². The Morgan fingerprint density at radius 2 is 1.97 bits per heavy atom. The van der Waals surface area contributed by atoms with Crippen LogP contribution in [-0.2, 0) is 10.0 Å². The Labute approximate surface area is 179 Å². The average molecular weight is 479 g/mol. The van der Waals surface area contributed by atoms with Crippen molar-refractivity contribution in [3.05, 3.63) is 46.8 Å². The molecule has 2 aromatic rings. The summed E-state index contributed by atoms with van der Waals surface area (Å²) in [4.78, 5) is 11.5. The number of fused-ring (bicyclic) bond motifs is 1. The minimum atomic E-state index is -3.49. The first-order valence-electron chi connectivity index (χ1n) is 9.97. The normalized spacial score (nSPS) is 25.7. The Balaban J connectivity index is 1.23. The summed E-state index contributed by atoms with van der Waals surface area (Å²) >= 11 is 3.36. The van der Waals surface area contributed by atoms with E-state index in [0.717, 1.165) is 23.1 Å². The number of piperazine rings is 1. The van der Waals surface area contributed by atoms with Gasteiger partial charge in [-0.3, -0.25) is 9.88 Å². The molecule has 2 atom stereocenters. The number of hydrogen-bond donors (Lipinski definition) is 0. The Hall–Kier alpha value is -1.55. The third kappa shape index (κ3) is 4.05. The van der Waals surface area contributed by atoms with Gasteiger partial charge in [0.15, 0.2) is 0 Å². The number of rotatable bonds is 5. The fraction of sp³-hybridized carbons (Fsp3) is 0.500.